The van der Waals surface area contributed by atoms with Gasteiger partial charge >= 0.3 is 0 Å². The highest BCUT2D eigenvalue weighted by Gasteiger charge is 2.16. The van der Waals surface area contributed by atoms with Crippen molar-refractivity contribution in [2.45, 2.75) is 155 Å². The molecule has 0 saturated heterocycles. The molecule has 0 unspecified atom stereocenters. The van der Waals surface area contributed by atoms with E-state index in [0.717, 1.165) is 25.9 Å². The fourth-order valence-electron chi connectivity index (χ4n) is 4.20. The van der Waals surface area contributed by atoms with Crippen LogP contribution in [0.15, 0.2) is 0 Å². The Morgan fingerprint density at radius 3 is 1.10 bits per heavy atom. The molecule has 0 radical (unpaired) electrons. The zero-order chi connectivity index (χ0) is 22.3. The largest absolute Gasteiger partial charge is 0.341 e. The van der Waals surface area contributed by atoms with Crippen LogP contribution < -0.4 is 5.73 Å². The molecule has 0 bridgehead atoms. The van der Waals surface area contributed by atoms with Gasteiger partial charge in [-0.2, -0.15) is 0 Å². The van der Waals surface area contributed by atoms with Crippen LogP contribution in [0.3, 0.4) is 0 Å². The fraction of sp³-hybridized carbons (Fsp3) is 0.963. The molecule has 0 rings (SSSR count). The first-order chi connectivity index (χ1) is 14.6. The molecule has 0 saturated carbocycles. The van der Waals surface area contributed by atoms with Gasteiger partial charge in [0.2, 0.25) is 5.91 Å². The van der Waals surface area contributed by atoms with Gasteiger partial charge in [-0.1, -0.05) is 129 Å². The first-order valence-corrected chi connectivity index (χ1v) is 13.7. The molecule has 0 aromatic rings. The predicted molar refractivity (Wildman–Crippen MR) is 134 cm³/mol. The number of unbranched alkanes of at least 4 members (excludes halogenated alkanes) is 18. The van der Waals surface area contributed by atoms with E-state index in [2.05, 4.69) is 13.8 Å². The van der Waals surface area contributed by atoms with E-state index in [1.165, 1.54) is 116 Å². The molecule has 0 aliphatic heterocycles. The summed E-state index contributed by atoms with van der Waals surface area (Å²) in [5, 5.41) is 0. The monoisotopic (exact) mass is 424 g/mol. The summed E-state index contributed by atoms with van der Waals surface area (Å²) in [6.07, 6.45) is 26.7. The molecule has 0 spiro atoms. The minimum Gasteiger partial charge on any atom is -0.341 e. The predicted octanol–water partition coefficient (Wildman–Crippen LogP) is 8.00. The summed E-state index contributed by atoms with van der Waals surface area (Å²) in [6, 6.07) is -0.365. The SMILES string of the molecule is CCCCCCCCCCCCN(CCCCCCCCCCCC)C(=O)[C@H](C)N. The Hall–Kier alpha value is -0.570. The van der Waals surface area contributed by atoms with E-state index in [4.69, 9.17) is 5.73 Å². The molecular formula is C27H56N2O. The van der Waals surface area contributed by atoms with Crippen LogP contribution in [0.1, 0.15) is 149 Å². The van der Waals surface area contributed by atoms with Crippen LogP contribution in [0.4, 0.5) is 0 Å². The molecule has 3 nitrogen and oxygen atoms in total. The zero-order valence-electron chi connectivity index (χ0n) is 21.1. The van der Waals surface area contributed by atoms with Gasteiger partial charge in [0.15, 0.2) is 0 Å². The summed E-state index contributed by atoms with van der Waals surface area (Å²) >= 11 is 0. The third-order valence-electron chi connectivity index (χ3n) is 6.26. The van der Waals surface area contributed by atoms with E-state index >= 15 is 0 Å². The van der Waals surface area contributed by atoms with E-state index in [1.807, 2.05) is 11.8 Å². The molecule has 1 amide bonds. The summed E-state index contributed by atoms with van der Waals surface area (Å²) in [5.41, 5.74) is 5.89. The van der Waals surface area contributed by atoms with Gasteiger partial charge in [0.25, 0.3) is 0 Å². The third-order valence-corrected chi connectivity index (χ3v) is 6.26. The molecule has 2 N–H and O–H groups in total. The van der Waals surface area contributed by atoms with Gasteiger partial charge in [-0.05, 0) is 19.8 Å². The van der Waals surface area contributed by atoms with Crippen LogP contribution in [0.25, 0.3) is 0 Å². The Balaban J connectivity index is 3.73. The molecular weight excluding hydrogens is 368 g/mol. The highest BCUT2D eigenvalue weighted by molar-refractivity contribution is 5.81. The molecule has 0 aliphatic carbocycles. The van der Waals surface area contributed by atoms with E-state index in [1.54, 1.807) is 0 Å². The topological polar surface area (TPSA) is 46.3 Å². The van der Waals surface area contributed by atoms with Crippen molar-refractivity contribution in [3.8, 4) is 0 Å². The van der Waals surface area contributed by atoms with Crippen LogP contribution >= 0.6 is 0 Å². The van der Waals surface area contributed by atoms with E-state index in [-0.39, 0.29) is 11.9 Å². The van der Waals surface area contributed by atoms with Crippen molar-refractivity contribution in [3.63, 3.8) is 0 Å². The third kappa shape index (κ3) is 19.4. The van der Waals surface area contributed by atoms with E-state index in [0.29, 0.717) is 0 Å². The minimum atomic E-state index is -0.365. The van der Waals surface area contributed by atoms with Crippen LogP contribution in [0.2, 0.25) is 0 Å². The lowest BCUT2D eigenvalue weighted by Crippen LogP contribution is -2.43. The van der Waals surface area contributed by atoms with Gasteiger partial charge in [-0.3, -0.25) is 4.79 Å². The van der Waals surface area contributed by atoms with Crippen molar-refractivity contribution in [2.24, 2.45) is 5.73 Å². The number of hydrogen-bond donors (Lipinski definition) is 1. The molecule has 30 heavy (non-hydrogen) atoms. The number of carbonyl (C=O) groups excluding carboxylic acids is 1. The Labute approximate surface area is 189 Å². The lowest BCUT2D eigenvalue weighted by molar-refractivity contribution is -0.132. The standard InChI is InChI=1S/C27H56N2O/c1-4-6-8-10-12-14-16-18-20-22-24-29(27(30)26(3)28)25-23-21-19-17-15-13-11-9-7-5-2/h26H,4-25,28H2,1-3H3/t26-/m0/s1. The lowest BCUT2D eigenvalue weighted by Gasteiger charge is -2.24. The molecule has 0 heterocycles. The van der Waals surface area contributed by atoms with Gasteiger partial charge in [-0.25, -0.2) is 0 Å². The second-order valence-corrected chi connectivity index (χ2v) is 9.48. The van der Waals surface area contributed by atoms with Gasteiger partial charge in [0, 0.05) is 13.1 Å². The summed E-state index contributed by atoms with van der Waals surface area (Å²) in [6.45, 7) is 8.17. The number of hydrogen-bond acceptors (Lipinski definition) is 2. The summed E-state index contributed by atoms with van der Waals surface area (Å²) in [7, 11) is 0. The first-order valence-electron chi connectivity index (χ1n) is 13.7. The highest BCUT2D eigenvalue weighted by Crippen LogP contribution is 2.13. The number of amides is 1. The zero-order valence-corrected chi connectivity index (χ0v) is 21.1. The van der Waals surface area contributed by atoms with Crippen LogP contribution in [0.5, 0.6) is 0 Å². The average molecular weight is 425 g/mol. The smallest absolute Gasteiger partial charge is 0.239 e. The van der Waals surface area contributed by atoms with Crippen molar-refractivity contribution >= 4 is 5.91 Å². The summed E-state index contributed by atoms with van der Waals surface area (Å²) in [5.74, 6) is 0.141. The minimum absolute atomic E-state index is 0.141. The maximum atomic E-state index is 12.4. The van der Waals surface area contributed by atoms with Crippen molar-refractivity contribution in [3.05, 3.63) is 0 Å². The second-order valence-electron chi connectivity index (χ2n) is 9.48. The van der Waals surface area contributed by atoms with Gasteiger partial charge in [0.05, 0.1) is 6.04 Å². The quantitative estimate of drug-likeness (QED) is 0.169. The van der Waals surface area contributed by atoms with E-state index < -0.39 is 0 Å². The first kappa shape index (κ1) is 29.4. The Kier molecular flexibility index (Phi) is 22.7. The normalized spacial score (nSPS) is 12.3. The van der Waals surface area contributed by atoms with Crippen molar-refractivity contribution in [1.29, 1.82) is 0 Å². The molecule has 1 atom stereocenters. The van der Waals surface area contributed by atoms with Crippen LogP contribution in [0, 0.1) is 0 Å². The maximum absolute atomic E-state index is 12.4. The Morgan fingerprint density at radius 1 is 0.567 bits per heavy atom. The second kappa shape index (κ2) is 23.1. The number of rotatable bonds is 23. The number of carbonyl (C=O) groups is 1. The highest BCUT2D eigenvalue weighted by atomic mass is 16.2. The van der Waals surface area contributed by atoms with Crippen molar-refractivity contribution in [1.82, 2.24) is 4.90 Å². The fourth-order valence-corrected chi connectivity index (χ4v) is 4.20. The van der Waals surface area contributed by atoms with E-state index in [9.17, 15) is 4.79 Å². The molecule has 180 valence electrons. The number of nitrogens with two attached hydrogens (primary N) is 1. The lowest BCUT2D eigenvalue weighted by atomic mass is 10.1. The Bertz CT molecular complexity index is 333. The molecule has 0 aromatic carbocycles. The van der Waals surface area contributed by atoms with Gasteiger partial charge in [-0.15, -0.1) is 0 Å². The molecule has 0 aliphatic rings. The van der Waals surface area contributed by atoms with Gasteiger partial charge in [0.1, 0.15) is 0 Å². The average Bonchev–Trinajstić information content (AvgIpc) is 2.74. The Morgan fingerprint density at radius 2 is 0.833 bits per heavy atom. The molecule has 0 aromatic heterocycles. The summed E-state index contributed by atoms with van der Waals surface area (Å²) < 4.78 is 0. The van der Waals surface area contributed by atoms with Crippen molar-refractivity contribution < 1.29 is 4.79 Å². The maximum Gasteiger partial charge on any atom is 0.239 e. The molecule has 0 fully saturated rings. The van der Waals surface area contributed by atoms with Crippen molar-refractivity contribution in [2.75, 3.05) is 13.1 Å². The molecule has 3 heteroatoms. The van der Waals surface area contributed by atoms with Crippen LogP contribution in [-0.2, 0) is 4.79 Å². The van der Waals surface area contributed by atoms with Crippen LogP contribution in [-0.4, -0.2) is 29.9 Å². The van der Waals surface area contributed by atoms with Gasteiger partial charge < -0.3 is 10.6 Å². The summed E-state index contributed by atoms with van der Waals surface area (Å²) in [4.78, 5) is 14.5. The number of nitrogens with zero attached hydrogens (tertiary/aromatic N) is 1.